The van der Waals surface area contributed by atoms with Gasteiger partial charge in [-0.05, 0) is 48.7 Å². The Morgan fingerprint density at radius 3 is 2.56 bits per heavy atom. The lowest BCUT2D eigenvalue weighted by atomic mass is 10.0. The van der Waals surface area contributed by atoms with Gasteiger partial charge in [0.1, 0.15) is 11.4 Å². The number of hydrogen-bond donors (Lipinski definition) is 1. The minimum absolute atomic E-state index is 0.143. The van der Waals surface area contributed by atoms with Crippen molar-refractivity contribution in [3.8, 4) is 5.69 Å². The lowest BCUT2D eigenvalue weighted by molar-refractivity contribution is 0.0983. The highest BCUT2D eigenvalue weighted by atomic mass is 19.1. The van der Waals surface area contributed by atoms with Gasteiger partial charge >= 0.3 is 5.69 Å². The number of amides is 1. The summed E-state index contributed by atoms with van der Waals surface area (Å²) >= 11 is 0. The first-order valence-corrected chi connectivity index (χ1v) is 8.57. The van der Waals surface area contributed by atoms with Crippen LogP contribution in [0.15, 0.2) is 64.3 Å². The lowest BCUT2D eigenvalue weighted by Gasteiger charge is -2.29. The number of aromatic amines is 1. The third-order valence-electron chi connectivity index (χ3n) is 4.65. The Morgan fingerprint density at radius 1 is 1.04 bits per heavy atom. The quantitative estimate of drug-likeness (QED) is 0.757. The molecule has 2 aromatic carbocycles. The molecule has 1 amide bonds. The second-order valence-corrected chi connectivity index (χ2v) is 6.31. The first-order valence-electron chi connectivity index (χ1n) is 8.57. The number of para-hydroxylation sites is 1. The van der Waals surface area contributed by atoms with E-state index in [1.165, 1.54) is 12.1 Å². The zero-order chi connectivity index (χ0) is 19.0. The number of benzene rings is 2. The summed E-state index contributed by atoms with van der Waals surface area (Å²) in [5.41, 5.74) is 0.431. The molecule has 0 bridgehead atoms. The van der Waals surface area contributed by atoms with E-state index < -0.39 is 23.0 Å². The summed E-state index contributed by atoms with van der Waals surface area (Å²) in [5.74, 6) is -0.959. The molecule has 0 saturated carbocycles. The van der Waals surface area contributed by atoms with Crippen LogP contribution in [0.1, 0.15) is 22.3 Å². The molecule has 0 aliphatic carbocycles. The standard InChI is InChI=1S/C20H16FN3O3/c21-14-7-9-15(10-8-14)24-19(26)16(12-22-20(24)27)18(25)23-11-3-5-13-4-1-2-6-17(13)23/h1-2,4,6-10,12H,3,5,11H2,(H,22,27). The van der Waals surface area contributed by atoms with E-state index in [0.29, 0.717) is 6.54 Å². The van der Waals surface area contributed by atoms with E-state index in [1.807, 2.05) is 24.3 Å². The minimum Gasteiger partial charge on any atom is -0.313 e. The van der Waals surface area contributed by atoms with E-state index in [9.17, 15) is 18.8 Å². The Balaban J connectivity index is 1.81. The fourth-order valence-electron chi connectivity index (χ4n) is 3.34. The molecule has 0 radical (unpaired) electrons. The molecule has 7 heteroatoms. The van der Waals surface area contributed by atoms with Crippen molar-refractivity contribution in [1.82, 2.24) is 9.55 Å². The van der Waals surface area contributed by atoms with Crippen LogP contribution in [-0.4, -0.2) is 22.0 Å². The van der Waals surface area contributed by atoms with E-state index in [2.05, 4.69) is 4.98 Å². The number of aromatic nitrogens is 2. The van der Waals surface area contributed by atoms with Gasteiger partial charge in [-0.2, -0.15) is 0 Å². The van der Waals surface area contributed by atoms with Gasteiger partial charge in [-0.3, -0.25) is 9.59 Å². The normalized spacial score (nSPS) is 13.3. The van der Waals surface area contributed by atoms with Crippen LogP contribution in [0, 0.1) is 5.82 Å². The third kappa shape index (κ3) is 2.97. The highest BCUT2D eigenvalue weighted by Gasteiger charge is 2.26. The molecule has 1 aromatic heterocycles. The second-order valence-electron chi connectivity index (χ2n) is 6.31. The molecule has 1 aliphatic rings. The smallest absolute Gasteiger partial charge is 0.313 e. The molecule has 2 heterocycles. The van der Waals surface area contributed by atoms with E-state index in [-0.39, 0.29) is 11.3 Å². The predicted molar refractivity (Wildman–Crippen MR) is 99.1 cm³/mol. The summed E-state index contributed by atoms with van der Waals surface area (Å²) in [6.45, 7) is 0.491. The van der Waals surface area contributed by atoms with Crippen molar-refractivity contribution < 1.29 is 9.18 Å². The van der Waals surface area contributed by atoms with Crippen LogP contribution in [0.2, 0.25) is 0 Å². The summed E-state index contributed by atoms with van der Waals surface area (Å²) in [5, 5.41) is 0. The van der Waals surface area contributed by atoms with E-state index >= 15 is 0 Å². The number of carbonyl (C=O) groups is 1. The lowest BCUT2D eigenvalue weighted by Crippen LogP contribution is -2.42. The molecule has 6 nitrogen and oxygen atoms in total. The topological polar surface area (TPSA) is 75.2 Å². The molecule has 0 spiro atoms. The molecule has 136 valence electrons. The van der Waals surface area contributed by atoms with Crippen molar-refractivity contribution in [2.75, 3.05) is 11.4 Å². The highest BCUT2D eigenvalue weighted by Crippen LogP contribution is 2.27. The Morgan fingerprint density at radius 2 is 1.78 bits per heavy atom. The van der Waals surface area contributed by atoms with Crippen LogP contribution in [0.4, 0.5) is 10.1 Å². The molecule has 0 saturated heterocycles. The molecular formula is C20H16FN3O3. The number of aryl methyl sites for hydroxylation is 1. The van der Waals surface area contributed by atoms with Crippen LogP contribution in [0.5, 0.6) is 0 Å². The molecule has 0 fully saturated rings. The molecule has 1 aliphatic heterocycles. The maximum absolute atomic E-state index is 13.2. The molecule has 27 heavy (non-hydrogen) atoms. The Kier molecular flexibility index (Phi) is 4.19. The Bertz CT molecular complexity index is 1130. The van der Waals surface area contributed by atoms with Crippen LogP contribution < -0.4 is 16.1 Å². The molecule has 0 atom stereocenters. The van der Waals surface area contributed by atoms with Crippen molar-refractivity contribution in [3.63, 3.8) is 0 Å². The first-order chi connectivity index (χ1) is 13.1. The SMILES string of the molecule is O=C(c1c[nH]c(=O)n(-c2ccc(F)cc2)c1=O)N1CCCc2ccccc21. The number of anilines is 1. The summed E-state index contributed by atoms with van der Waals surface area (Å²) in [7, 11) is 0. The number of nitrogens with zero attached hydrogens (tertiary/aromatic N) is 2. The number of rotatable bonds is 2. The van der Waals surface area contributed by atoms with Crippen LogP contribution >= 0.6 is 0 Å². The van der Waals surface area contributed by atoms with E-state index in [1.54, 1.807) is 4.90 Å². The van der Waals surface area contributed by atoms with Crippen LogP contribution in [-0.2, 0) is 6.42 Å². The zero-order valence-corrected chi connectivity index (χ0v) is 14.3. The second kappa shape index (κ2) is 6.68. The number of halogens is 1. The largest absolute Gasteiger partial charge is 0.333 e. The van der Waals surface area contributed by atoms with Gasteiger partial charge in [0, 0.05) is 18.4 Å². The molecule has 3 aromatic rings. The zero-order valence-electron chi connectivity index (χ0n) is 14.3. The van der Waals surface area contributed by atoms with E-state index in [4.69, 9.17) is 0 Å². The van der Waals surface area contributed by atoms with Gasteiger partial charge in [-0.1, -0.05) is 18.2 Å². The van der Waals surface area contributed by atoms with Crippen molar-refractivity contribution in [1.29, 1.82) is 0 Å². The molecule has 1 N–H and O–H groups in total. The maximum Gasteiger partial charge on any atom is 0.333 e. The predicted octanol–water partition coefficient (Wildman–Crippen LogP) is 2.26. The Labute approximate surface area is 153 Å². The van der Waals surface area contributed by atoms with Crippen LogP contribution in [0.25, 0.3) is 5.69 Å². The van der Waals surface area contributed by atoms with Gasteiger partial charge in [0.05, 0.1) is 5.69 Å². The van der Waals surface area contributed by atoms with Crippen LogP contribution in [0.3, 0.4) is 0 Å². The molecule has 4 rings (SSSR count). The van der Waals surface area contributed by atoms with Gasteiger partial charge < -0.3 is 9.88 Å². The average Bonchev–Trinajstić information content (AvgIpc) is 2.68. The van der Waals surface area contributed by atoms with Crippen molar-refractivity contribution in [2.45, 2.75) is 12.8 Å². The average molecular weight is 365 g/mol. The summed E-state index contributed by atoms with van der Waals surface area (Å²) in [6.07, 6.45) is 2.80. The number of fused-ring (bicyclic) bond motifs is 1. The van der Waals surface area contributed by atoms with Gasteiger partial charge in [-0.25, -0.2) is 13.8 Å². The van der Waals surface area contributed by atoms with Gasteiger partial charge in [0.25, 0.3) is 11.5 Å². The fourth-order valence-corrected chi connectivity index (χ4v) is 3.34. The summed E-state index contributed by atoms with van der Waals surface area (Å²) in [4.78, 5) is 42.1. The number of nitrogens with one attached hydrogen (secondary N) is 1. The first kappa shape index (κ1) is 17.0. The van der Waals surface area contributed by atoms with Gasteiger partial charge in [0.2, 0.25) is 0 Å². The van der Waals surface area contributed by atoms with Gasteiger partial charge in [0.15, 0.2) is 0 Å². The number of H-pyrrole nitrogens is 1. The molecule has 0 unspecified atom stereocenters. The Hall–Kier alpha value is -3.48. The third-order valence-corrected chi connectivity index (χ3v) is 4.65. The summed E-state index contributed by atoms with van der Waals surface area (Å²) in [6, 6.07) is 12.5. The van der Waals surface area contributed by atoms with Crippen molar-refractivity contribution in [2.24, 2.45) is 0 Å². The molecular weight excluding hydrogens is 349 g/mol. The fraction of sp³-hybridized carbons (Fsp3) is 0.150. The number of hydrogen-bond acceptors (Lipinski definition) is 3. The monoisotopic (exact) mass is 365 g/mol. The highest BCUT2D eigenvalue weighted by molar-refractivity contribution is 6.06. The maximum atomic E-state index is 13.2. The van der Waals surface area contributed by atoms with Crippen molar-refractivity contribution in [3.05, 3.63) is 92.5 Å². The minimum atomic E-state index is -0.738. The van der Waals surface area contributed by atoms with Crippen molar-refractivity contribution >= 4 is 11.6 Å². The summed E-state index contributed by atoms with van der Waals surface area (Å²) < 4.78 is 14.0. The number of carbonyl (C=O) groups excluding carboxylic acids is 1. The van der Waals surface area contributed by atoms with Gasteiger partial charge in [-0.15, -0.1) is 0 Å². The van der Waals surface area contributed by atoms with E-state index in [0.717, 1.165) is 47.0 Å².